The fourth-order valence-electron chi connectivity index (χ4n) is 7.79. The van der Waals surface area contributed by atoms with Crippen molar-refractivity contribution >= 4 is 54.5 Å². The van der Waals surface area contributed by atoms with E-state index >= 15 is 0 Å². The molecule has 0 fully saturated rings. The molecule has 4 nitrogen and oxygen atoms in total. The Morgan fingerprint density at radius 2 is 1.15 bits per heavy atom. The lowest BCUT2D eigenvalue weighted by molar-refractivity contribution is 0.669. The Morgan fingerprint density at radius 3 is 1.98 bits per heavy atom. The Kier molecular flexibility index (Phi) is 5.08. The lowest BCUT2D eigenvalue weighted by Crippen LogP contribution is -1.92. The van der Waals surface area contributed by atoms with Crippen LogP contribution in [0.15, 0.2) is 156 Å². The molecule has 48 heavy (non-hydrogen) atoms. The Balaban J connectivity index is 1.04. The molecule has 4 heteroatoms. The summed E-state index contributed by atoms with van der Waals surface area (Å²) in [6.45, 7) is 0. The zero-order chi connectivity index (χ0) is 31.3. The standard InChI is InChI=1S/C44H25N3O/c1-2-10-30(11-3-1)47-38-15-5-4-12-31(38)34-22-27(16-19-39(34)47)28-17-20-40-35(23-28)36-24-29(18-21-41(36)48-40)44-45-25-37-32-13-6-8-26-9-7-14-33(42(26)32)43(37)46-44/h1-25H. The SMILES string of the molecule is c1ccc(-n2c3ccccc3c3cc(-c4ccc5oc6ccc(-c7ncc8c(n7)-c7cccc9cccc-8c79)cc6c5c4)ccc32)cc1. The number of fused-ring (bicyclic) bond motifs is 9. The Morgan fingerprint density at radius 1 is 0.479 bits per heavy atom. The van der Waals surface area contributed by atoms with E-state index in [0.29, 0.717) is 5.82 Å². The van der Waals surface area contributed by atoms with E-state index in [1.807, 2.05) is 12.3 Å². The van der Waals surface area contributed by atoms with Crippen LogP contribution >= 0.6 is 0 Å². The average Bonchev–Trinajstić information content (AvgIpc) is 3.80. The quantitative estimate of drug-likeness (QED) is 0.200. The molecule has 0 atom stereocenters. The first kappa shape index (κ1) is 25.6. The van der Waals surface area contributed by atoms with Crippen molar-refractivity contribution in [1.29, 1.82) is 0 Å². The molecule has 3 heterocycles. The number of hydrogen-bond acceptors (Lipinski definition) is 3. The van der Waals surface area contributed by atoms with Crippen LogP contribution in [0.2, 0.25) is 0 Å². The van der Waals surface area contributed by atoms with Gasteiger partial charge in [-0.3, -0.25) is 0 Å². The van der Waals surface area contributed by atoms with Gasteiger partial charge >= 0.3 is 0 Å². The highest BCUT2D eigenvalue weighted by atomic mass is 16.3. The number of para-hydroxylation sites is 2. The molecular weight excluding hydrogens is 587 g/mol. The highest BCUT2D eigenvalue weighted by molar-refractivity contribution is 6.15. The first-order valence-electron chi connectivity index (χ1n) is 16.2. The zero-order valence-electron chi connectivity index (χ0n) is 25.7. The second-order valence-corrected chi connectivity index (χ2v) is 12.6. The number of benzene rings is 7. The topological polar surface area (TPSA) is 43.9 Å². The van der Waals surface area contributed by atoms with Crippen LogP contribution in [0.25, 0.3) is 105 Å². The molecule has 0 spiro atoms. The van der Waals surface area contributed by atoms with Gasteiger partial charge in [-0.2, -0.15) is 0 Å². The van der Waals surface area contributed by atoms with Crippen LogP contribution in [0.3, 0.4) is 0 Å². The molecule has 222 valence electrons. The Hall–Kier alpha value is -6.52. The summed E-state index contributed by atoms with van der Waals surface area (Å²) in [6.07, 6.45) is 1.98. The van der Waals surface area contributed by atoms with Crippen molar-refractivity contribution in [2.24, 2.45) is 0 Å². The molecular formula is C44H25N3O. The van der Waals surface area contributed by atoms with Crippen molar-refractivity contribution in [3.8, 4) is 50.6 Å². The maximum absolute atomic E-state index is 6.33. The molecule has 3 aromatic heterocycles. The predicted molar refractivity (Wildman–Crippen MR) is 196 cm³/mol. The average molecular weight is 612 g/mol. The minimum absolute atomic E-state index is 0.714. The highest BCUT2D eigenvalue weighted by Crippen LogP contribution is 2.46. The zero-order valence-corrected chi connectivity index (χ0v) is 25.7. The summed E-state index contributed by atoms with van der Waals surface area (Å²) >= 11 is 0. The maximum atomic E-state index is 6.33. The van der Waals surface area contributed by atoms with E-state index in [9.17, 15) is 0 Å². The van der Waals surface area contributed by atoms with E-state index in [1.165, 1.54) is 49.3 Å². The first-order chi connectivity index (χ1) is 23.8. The minimum atomic E-state index is 0.714. The fraction of sp³-hybridized carbons (Fsp3) is 0. The van der Waals surface area contributed by atoms with E-state index in [0.717, 1.165) is 50.0 Å². The number of furan rings is 1. The Labute approximate surface area is 275 Å². The number of rotatable bonds is 3. The summed E-state index contributed by atoms with van der Waals surface area (Å²) in [5, 5.41) is 7.10. The number of aromatic nitrogens is 3. The van der Waals surface area contributed by atoms with E-state index < -0.39 is 0 Å². The van der Waals surface area contributed by atoms with Crippen LogP contribution in [-0.4, -0.2) is 14.5 Å². The largest absolute Gasteiger partial charge is 0.456 e. The molecule has 0 saturated carbocycles. The molecule has 1 aliphatic rings. The van der Waals surface area contributed by atoms with Crippen LogP contribution in [-0.2, 0) is 0 Å². The summed E-state index contributed by atoms with van der Waals surface area (Å²) in [6, 6.07) is 51.7. The molecule has 0 amide bonds. The van der Waals surface area contributed by atoms with E-state index in [-0.39, 0.29) is 0 Å². The van der Waals surface area contributed by atoms with Gasteiger partial charge in [-0.25, -0.2) is 9.97 Å². The number of hydrogen-bond donors (Lipinski definition) is 0. The molecule has 0 N–H and O–H groups in total. The summed E-state index contributed by atoms with van der Waals surface area (Å²) in [7, 11) is 0. The van der Waals surface area contributed by atoms with Gasteiger partial charge in [-0.05, 0) is 88.1 Å². The molecule has 0 radical (unpaired) electrons. The Bertz CT molecular complexity index is 2950. The van der Waals surface area contributed by atoms with Crippen LogP contribution in [0.1, 0.15) is 0 Å². The van der Waals surface area contributed by atoms with E-state index in [1.54, 1.807) is 0 Å². The van der Waals surface area contributed by atoms with Gasteiger partial charge in [-0.1, -0.05) is 84.9 Å². The smallest absolute Gasteiger partial charge is 0.159 e. The third kappa shape index (κ3) is 3.54. The lowest BCUT2D eigenvalue weighted by Gasteiger charge is -2.08. The van der Waals surface area contributed by atoms with Gasteiger partial charge in [0.15, 0.2) is 5.82 Å². The lowest BCUT2D eigenvalue weighted by atomic mass is 10.00. The van der Waals surface area contributed by atoms with Crippen molar-refractivity contribution in [3.63, 3.8) is 0 Å². The normalized spacial score (nSPS) is 12.2. The molecule has 7 aromatic carbocycles. The van der Waals surface area contributed by atoms with Gasteiger partial charge in [0, 0.05) is 50.1 Å². The monoisotopic (exact) mass is 611 g/mol. The second kappa shape index (κ2) is 9.50. The first-order valence-corrected chi connectivity index (χ1v) is 16.2. The molecule has 10 aromatic rings. The molecule has 0 bridgehead atoms. The minimum Gasteiger partial charge on any atom is -0.456 e. The van der Waals surface area contributed by atoms with Crippen LogP contribution in [0, 0.1) is 0 Å². The summed E-state index contributed by atoms with van der Waals surface area (Å²) < 4.78 is 8.68. The molecule has 0 unspecified atom stereocenters. The maximum Gasteiger partial charge on any atom is 0.159 e. The van der Waals surface area contributed by atoms with Gasteiger partial charge in [0.2, 0.25) is 0 Å². The molecule has 0 aliphatic heterocycles. The van der Waals surface area contributed by atoms with Gasteiger partial charge in [-0.15, -0.1) is 0 Å². The summed E-state index contributed by atoms with van der Waals surface area (Å²) in [5.41, 5.74) is 13.0. The molecule has 0 saturated heterocycles. The van der Waals surface area contributed by atoms with Crippen LogP contribution in [0.5, 0.6) is 0 Å². The summed E-state index contributed by atoms with van der Waals surface area (Å²) in [4.78, 5) is 9.99. The van der Waals surface area contributed by atoms with E-state index in [4.69, 9.17) is 14.4 Å². The summed E-state index contributed by atoms with van der Waals surface area (Å²) in [5.74, 6) is 0.714. The third-order valence-corrected chi connectivity index (χ3v) is 9.99. The fourth-order valence-corrected chi connectivity index (χ4v) is 7.79. The van der Waals surface area contributed by atoms with Crippen molar-refractivity contribution in [2.75, 3.05) is 0 Å². The highest BCUT2D eigenvalue weighted by Gasteiger charge is 2.24. The number of nitrogens with zero attached hydrogens (tertiary/aromatic N) is 3. The third-order valence-electron chi connectivity index (χ3n) is 9.99. The van der Waals surface area contributed by atoms with Gasteiger partial charge < -0.3 is 8.98 Å². The molecule has 1 aliphatic carbocycles. The molecule has 11 rings (SSSR count). The second-order valence-electron chi connectivity index (χ2n) is 12.6. The van der Waals surface area contributed by atoms with Crippen molar-refractivity contribution in [1.82, 2.24) is 14.5 Å². The van der Waals surface area contributed by atoms with Crippen LogP contribution in [0.4, 0.5) is 0 Å². The van der Waals surface area contributed by atoms with Crippen molar-refractivity contribution < 1.29 is 4.42 Å². The van der Waals surface area contributed by atoms with Crippen molar-refractivity contribution in [3.05, 3.63) is 152 Å². The van der Waals surface area contributed by atoms with E-state index in [2.05, 4.69) is 144 Å². The predicted octanol–water partition coefficient (Wildman–Crippen LogP) is 11.6. The van der Waals surface area contributed by atoms with Crippen molar-refractivity contribution in [2.45, 2.75) is 0 Å². The van der Waals surface area contributed by atoms with Gasteiger partial charge in [0.25, 0.3) is 0 Å². The van der Waals surface area contributed by atoms with Gasteiger partial charge in [0.05, 0.1) is 16.7 Å². The van der Waals surface area contributed by atoms with Gasteiger partial charge in [0.1, 0.15) is 11.2 Å². The van der Waals surface area contributed by atoms with Crippen LogP contribution < -0.4 is 0 Å².